The Balaban J connectivity index is 1.46. The molecular weight excluding hydrogens is 440 g/mol. The topological polar surface area (TPSA) is 172 Å². The van der Waals surface area contributed by atoms with E-state index >= 15 is 0 Å². The van der Waals surface area contributed by atoms with Gasteiger partial charge in [-0.1, -0.05) is 0 Å². The van der Waals surface area contributed by atoms with Crippen molar-refractivity contribution in [3.8, 4) is 0 Å². The molecule has 0 bridgehead atoms. The van der Waals surface area contributed by atoms with Gasteiger partial charge in [-0.2, -0.15) is 8.42 Å². The van der Waals surface area contributed by atoms with Crippen molar-refractivity contribution in [3.63, 3.8) is 0 Å². The van der Waals surface area contributed by atoms with E-state index in [0.29, 0.717) is 45.2 Å². The number of nitrogens with one attached hydrogen (secondary N) is 2. The number of nitrogens with zero attached hydrogens (tertiary/aromatic N) is 2. The third kappa shape index (κ3) is 4.40. The Morgan fingerprint density at radius 2 is 1.28 bits per heavy atom. The molecular formula is C16H16N4O6S3. The van der Waals surface area contributed by atoms with Crippen molar-refractivity contribution in [3.05, 3.63) is 48.0 Å². The number of hydrogen-bond acceptors (Lipinski definition) is 8. The fraction of sp³-hybridized carbons (Fsp3) is 0.125. The molecule has 0 saturated carbocycles. The monoisotopic (exact) mass is 456 g/mol. The maximum Gasteiger partial charge on any atom is 0.294 e. The zero-order valence-electron chi connectivity index (χ0n) is 14.6. The molecule has 10 nitrogen and oxygen atoms in total. The van der Waals surface area contributed by atoms with E-state index in [4.69, 9.17) is 4.55 Å². The predicted molar refractivity (Wildman–Crippen MR) is 111 cm³/mol. The van der Waals surface area contributed by atoms with E-state index in [0.717, 1.165) is 0 Å². The van der Waals surface area contributed by atoms with Crippen LogP contribution in [-0.2, 0) is 21.6 Å². The number of rotatable bonds is 6. The molecule has 2 aromatic carbocycles. The predicted octanol–water partition coefficient (Wildman–Crippen LogP) is 3.70. The average molecular weight is 457 g/mol. The minimum absolute atomic E-state index is 0.0133. The summed E-state index contributed by atoms with van der Waals surface area (Å²) < 4.78 is 59.6. The van der Waals surface area contributed by atoms with Crippen LogP contribution in [0.1, 0.15) is 11.6 Å². The van der Waals surface area contributed by atoms with Crippen molar-refractivity contribution in [2.45, 2.75) is 21.3 Å². The van der Waals surface area contributed by atoms with Crippen LogP contribution in [0.4, 0.5) is 0 Å². The van der Waals surface area contributed by atoms with Gasteiger partial charge in [-0.25, -0.2) is 9.97 Å². The molecule has 0 aliphatic carbocycles. The fourth-order valence-electron chi connectivity index (χ4n) is 2.80. The van der Waals surface area contributed by atoms with Crippen LogP contribution in [0.25, 0.3) is 22.1 Å². The lowest BCUT2D eigenvalue weighted by Gasteiger charge is -2.18. The molecule has 0 fully saturated rings. The second kappa shape index (κ2) is 7.28. The summed E-state index contributed by atoms with van der Waals surface area (Å²) in [7, 11) is -8.06. The van der Waals surface area contributed by atoms with Crippen molar-refractivity contribution in [1.82, 2.24) is 19.9 Å². The number of fused-ring (bicyclic) bond motifs is 2. The largest absolute Gasteiger partial charge is 0.341 e. The fourth-order valence-corrected chi connectivity index (χ4v) is 4.59. The van der Waals surface area contributed by atoms with Crippen LogP contribution in [0.5, 0.6) is 0 Å². The van der Waals surface area contributed by atoms with Gasteiger partial charge >= 0.3 is 0 Å². The maximum atomic E-state index is 11.2. The molecule has 0 atom stereocenters. The lowest BCUT2D eigenvalue weighted by atomic mass is 10.3. The lowest BCUT2D eigenvalue weighted by molar-refractivity contribution is 0.376. The van der Waals surface area contributed by atoms with E-state index < -0.39 is 21.0 Å². The van der Waals surface area contributed by atoms with Crippen LogP contribution >= 0.6 is 22.6 Å². The summed E-state index contributed by atoms with van der Waals surface area (Å²) in [6.07, 6.45) is 0. The highest BCUT2D eigenvalue weighted by Crippen LogP contribution is 2.44. The van der Waals surface area contributed by atoms with Crippen LogP contribution < -0.4 is 0 Å². The van der Waals surface area contributed by atoms with Crippen molar-refractivity contribution in [2.24, 2.45) is 0 Å². The highest BCUT2D eigenvalue weighted by atomic mass is 32.3. The molecule has 154 valence electrons. The van der Waals surface area contributed by atoms with Gasteiger partial charge in [-0.05, 0) is 36.4 Å². The van der Waals surface area contributed by atoms with Gasteiger partial charge in [-0.3, -0.25) is 4.55 Å². The zero-order valence-corrected chi connectivity index (χ0v) is 17.1. The Bertz CT molecular complexity index is 1310. The van der Waals surface area contributed by atoms with Crippen LogP contribution in [0.15, 0.2) is 46.2 Å². The molecule has 4 rings (SSSR count). The van der Waals surface area contributed by atoms with Crippen LogP contribution in [0.3, 0.4) is 0 Å². The summed E-state index contributed by atoms with van der Waals surface area (Å²) in [6.45, 7) is 0. The van der Waals surface area contributed by atoms with Crippen LogP contribution in [0, 0.1) is 0 Å². The number of benzene rings is 2. The molecule has 6 N–H and O–H groups in total. The first-order valence-corrected chi connectivity index (χ1v) is 12.2. The molecule has 0 aliphatic rings. The van der Waals surface area contributed by atoms with Crippen molar-refractivity contribution >= 4 is 54.8 Å². The van der Waals surface area contributed by atoms with Crippen molar-refractivity contribution < 1.29 is 26.6 Å². The number of imidazole rings is 2. The summed E-state index contributed by atoms with van der Waals surface area (Å²) in [5, 5.41) is 0. The van der Waals surface area contributed by atoms with Crippen LogP contribution in [0.2, 0.25) is 0 Å². The number of aromatic amines is 2. The highest BCUT2D eigenvalue weighted by Gasteiger charge is 2.17. The Morgan fingerprint density at radius 3 is 1.76 bits per heavy atom. The Labute approximate surface area is 170 Å². The summed E-state index contributed by atoms with van der Waals surface area (Å²) in [5.74, 6) is 2.34. The number of H-pyrrole nitrogens is 2. The van der Waals surface area contributed by atoms with Crippen LogP contribution in [-0.4, -0.2) is 46.6 Å². The van der Waals surface area contributed by atoms with Gasteiger partial charge in [0.05, 0.1) is 43.4 Å². The first-order valence-electron chi connectivity index (χ1n) is 8.13. The van der Waals surface area contributed by atoms with Gasteiger partial charge in [0, 0.05) is 0 Å². The van der Waals surface area contributed by atoms with Gasteiger partial charge in [0.15, 0.2) is 0 Å². The molecule has 13 heteroatoms. The van der Waals surface area contributed by atoms with E-state index in [9.17, 15) is 22.1 Å². The smallest absolute Gasteiger partial charge is 0.294 e. The molecule has 0 unspecified atom stereocenters. The maximum absolute atomic E-state index is 11.2. The molecule has 0 radical (unpaired) electrons. The number of hydrogen-bond donors (Lipinski definition) is 6. The van der Waals surface area contributed by atoms with E-state index in [2.05, 4.69) is 19.9 Å². The summed E-state index contributed by atoms with van der Waals surface area (Å²) in [6, 6.07) is 8.58. The second-order valence-electron chi connectivity index (χ2n) is 6.21. The van der Waals surface area contributed by atoms with Gasteiger partial charge in [0.25, 0.3) is 10.1 Å². The third-order valence-corrected chi connectivity index (χ3v) is 6.79. The highest BCUT2D eigenvalue weighted by molar-refractivity contribution is 8.19. The second-order valence-corrected chi connectivity index (χ2v) is 10.1. The Hall–Kier alpha value is -2.13. The number of thioether (sulfide) groups is 1. The number of aromatic nitrogens is 4. The standard InChI is InChI=1S/C16H16N4O6S3/c21-28(22,23)9-1-3-11-13(5-9)19-15(17-11)7-27-8-16-18-12-4-2-10(29(24,25)26)6-14(12)20-16/h1-6,21-23H,7-8H2,(H,17,19)(H,18,20)(H,24,25,26). The molecule has 2 heterocycles. The van der Waals surface area contributed by atoms with E-state index in [1.807, 2.05) is 0 Å². The van der Waals surface area contributed by atoms with Crippen molar-refractivity contribution in [1.29, 1.82) is 0 Å². The quantitative estimate of drug-likeness (QED) is 0.236. The summed E-state index contributed by atoms with van der Waals surface area (Å²) in [4.78, 5) is 14.7. The Morgan fingerprint density at radius 1 is 0.793 bits per heavy atom. The third-order valence-electron chi connectivity index (χ3n) is 4.10. The van der Waals surface area contributed by atoms with E-state index in [-0.39, 0.29) is 9.79 Å². The van der Waals surface area contributed by atoms with Gasteiger partial charge in [0.1, 0.15) is 22.5 Å². The van der Waals surface area contributed by atoms with E-state index in [1.54, 1.807) is 6.07 Å². The molecule has 0 aliphatic heterocycles. The summed E-state index contributed by atoms with van der Waals surface area (Å²) >= 11 is 1.51. The molecule has 0 amide bonds. The first kappa shape index (κ1) is 20.2. The van der Waals surface area contributed by atoms with Gasteiger partial charge in [-0.15, -0.1) is 11.8 Å². The SMILES string of the molecule is O=S(=O)(O)c1ccc2nc(CSCc3nc4ccc(S(O)(O)O)cc4[nH]3)[nH]c2c1. The molecule has 4 aromatic rings. The zero-order chi connectivity index (χ0) is 20.8. The van der Waals surface area contributed by atoms with Gasteiger partial charge < -0.3 is 23.6 Å². The first-order chi connectivity index (χ1) is 13.6. The lowest BCUT2D eigenvalue weighted by Crippen LogP contribution is -1.97. The van der Waals surface area contributed by atoms with E-state index in [1.165, 1.54) is 42.1 Å². The Kier molecular flexibility index (Phi) is 5.06. The molecule has 2 aromatic heterocycles. The van der Waals surface area contributed by atoms with Crippen molar-refractivity contribution in [2.75, 3.05) is 0 Å². The minimum Gasteiger partial charge on any atom is -0.341 e. The minimum atomic E-state index is -4.27. The average Bonchev–Trinajstić information content (AvgIpc) is 3.21. The molecule has 29 heavy (non-hydrogen) atoms. The molecule has 0 saturated heterocycles. The summed E-state index contributed by atoms with van der Waals surface area (Å²) in [5.41, 5.74) is 2.31. The molecule has 0 spiro atoms. The normalized spacial score (nSPS) is 13.4. The van der Waals surface area contributed by atoms with Gasteiger partial charge in [0.2, 0.25) is 0 Å².